The Kier molecular flexibility index (Phi) is 7.61. The SMILES string of the molecule is N#C/C(=C\c1cc(Br)ccc1OCc1ccccc1C#N)C(=O)Nc1ccc(Br)cc1. The highest BCUT2D eigenvalue weighted by molar-refractivity contribution is 9.10. The van der Waals surface area contributed by atoms with E-state index >= 15 is 0 Å². The molecule has 5 nitrogen and oxygen atoms in total. The standard InChI is InChI=1S/C24H15Br2N3O2/c25-20-5-8-22(9-6-20)29-24(30)19(14-28)11-18-12-21(26)7-10-23(18)31-15-17-4-2-1-3-16(17)13-27/h1-12H,15H2,(H,29,30)/b19-11+. The average Bonchev–Trinajstić information content (AvgIpc) is 2.78. The Labute approximate surface area is 196 Å². The van der Waals surface area contributed by atoms with Crippen LogP contribution in [0.1, 0.15) is 16.7 Å². The van der Waals surface area contributed by atoms with Crippen molar-refractivity contribution in [2.75, 3.05) is 5.32 Å². The fourth-order valence-electron chi connectivity index (χ4n) is 2.71. The summed E-state index contributed by atoms with van der Waals surface area (Å²) in [6.45, 7) is 0.180. The summed E-state index contributed by atoms with van der Waals surface area (Å²) in [5.41, 5.74) is 2.35. The van der Waals surface area contributed by atoms with Crippen molar-refractivity contribution < 1.29 is 9.53 Å². The summed E-state index contributed by atoms with van der Waals surface area (Å²) in [6, 6.07) is 23.6. The third-order valence-electron chi connectivity index (χ3n) is 4.26. The van der Waals surface area contributed by atoms with E-state index in [0.29, 0.717) is 22.6 Å². The van der Waals surface area contributed by atoms with Gasteiger partial charge in [-0.25, -0.2) is 0 Å². The zero-order chi connectivity index (χ0) is 22.2. The number of anilines is 1. The number of rotatable bonds is 6. The van der Waals surface area contributed by atoms with Crippen molar-refractivity contribution in [1.29, 1.82) is 10.5 Å². The molecule has 0 radical (unpaired) electrons. The number of nitrogens with zero attached hydrogens (tertiary/aromatic N) is 2. The Morgan fingerprint density at radius 1 is 1.00 bits per heavy atom. The normalized spacial score (nSPS) is 10.6. The maximum atomic E-state index is 12.6. The molecule has 3 aromatic rings. The van der Waals surface area contributed by atoms with Crippen LogP contribution in [-0.2, 0) is 11.4 Å². The summed E-state index contributed by atoms with van der Waals surface area (Å²) >= 11 is 6.75. The molecule has 0 spiro atoms. The van der Waals surface area contributed by atoms with Crippen molar-refractivity contribution in [3.05, 3.63) is 97.9 Å². The molecule has 3 aromatic carbocycles. The van der Waals surface area contributed by atoms with Crippen LogP contribution in [0, 0.1) is 22.7 Å². The van der Waals surface area contributed by atoms with Gasteiger partial charge in [-0.3, -0.25) is 4.79 Å². The summed E-state index contributed by atoms with van der Waals surface area (Å²) in [4.78, 5) is 12.6. The minimum Gasteiger partial charge on any atom is -0.488 e. The highest BCUT2D eigenvalue weighted by Gasteiger charge is 2.12. The number of ether oxygens (including phenoxy) is 1. The van der Waals surface area contributed by atoms with Gasteiger partial charge in [-0.15, -0.1) is 0 Å². The summed E-state index contributed by atoms with van der Waals surface area (Å²) in [6.07, 6.45) is 1.48. The molecule has 0 aliphatic carbocycles. The first kappa shape index (κ1) is 22.3. The third kappa shape index (κ3) is 6.05. The number of hydrogen-bond donors (Lipinski definition) is 1. The molecule has 0 aliphatic heterocycles. The van der Waals surface area contributed by atoms with E-state index in [9.17, 15) is 15.3 Å². The van der Waals surface area contributed by atoms with Crippen LogP contribution in [0.25, 0.3) is 6.08 Å². The second-order valence-corrected chi connectivity index (χ2v) is 8.20. The lowest BCUT2D eigenvalue weighted by Gasteiger charge is -2.11. The van der Waals surface area contributed by atoms with Crippen molar-refractivity contribution in [3.63, 3.8) is 0 Å². The van der Waals surface area contributed by atoms with Gasteiger partial charge >= 0.3 is 0 Å². The first-order valence-electron chi connectivity index (χ1n) is 9.09. The Bertz CT molecular complexity index is 1220. The second kappa shape index (κ2) is 10.6. The maximum absolute atomic E-state index is 12.6. The lowest BCUT2D eigenvalue weighted by molar-refractivity contribution is -0.112. The Morgan fingerprint density at radius 3 is 2.42 bits per heavy atom. The van der Waals surface area contributed by atoms with Gasteiger partial charge in [0, 0.05) is 25.8 Å². The van der Waals surface area contributed by atoms with Crippen LogP contribution in [0.3, 0.4) is 0 Å². The van der Waals surface area contributed by atoms with Crippen LogP contribution < -0.4 is 10.1 Å². The summed E-state index contributed by atoms with van der Waals surface area (Å²) in [7, 11) is 0. The van der Waals surface area contributed by atoms with E-state index in [1.165, 1.54) is 6.08 Å². The Hall–Kier alpha value is -3.39. The van der Waals surface area contributed by atoms with Gasteiger partial charge in [0.25, 0.3) is 5.91 Å². The average molecular weight is 537 g/mol. The van der Waals surface area contributed by atoms with Crippen LogP contribution in [-0.4, -0.2) is 5.91 Å². The zero-order valence-corrected chi connectivity index (χ0v) is 19.3. The number of carbonyl (C=O) groups excluding carboxylic acids is 1. The molecule has 0 bridgehead atoms. The monoisotopic (exact) mass is 535 g/mol. The lowest BCUT2D eigenvalue weighted by atomic mass is 10.1. The van der Waals surface area contributed by atoms with Gasteiger partial charge in [0.1, 0.15) is 24.0 Å². The first-order valence-corrected chi connectivity index (χ1v) is 10.7. The van der Waals surface area contributed by atoms with Crippen LogP contribution in [0.4, 0.5) is 5.69 Å². The van der Waals surface area contributed by atoms with Gasteiger partial charge in [-0.05, 0) is 54.6 Å². The van der Waals surface area contributed by atoms with Gasteiger partial charge in [0.2, 0.25) is 0 Å². The molecule has 0 aliphatic rings. The van der Waals surface area contributed by atoms with Gasteiger partial charge in [-0.1, -0.05) is 50.1 Å². The van der Waals surface area contributed by atoms with Gasteiger partial charge in [0.15, 0.2) is 0 Å². The van der Waals surface area contributed by atoms with E-state index in [4.69, 9.17) is 4.74 Å². The smallest absolute Gasteiger partial charge is 0.266 e. The van der Waals surface area contributed by atoms with Crippen molar-refractivity contribution in [2.24, 2.45) is 0 Å². The van der Waals surface area contributed by atoms with Crippen LogP contribution >= 0.6 is 31.9 Å². The molecule has 0 saturated heterocycles. The molecule has 0 atom stereocenters. The molecule has 1 amide bonds. The quantitative estimate of drug-likeness (QED) is 0.300. The van der Waals surface area contributed by atoms with Crippen LogP contribution in [0.15, 0.2) is 81.2 Å². The topological polar surface area (TPSA) is 85.9 Å². The van der Waals surface area contributed by atoms with Crippen molar-refractivity contribution in [1.82, 2.24) is 0 Å². The molecule has 31 heavy (non-hydrogen) atoms. The van der Waals surface area contributed by atoms with E-state index in [0.717, 1.165) is 14.5 Å². The number of halogens is 2. The van der Waals surface area contributed by atoms with Gasteiger partial charge in [-0.2, -0.15) is 10.5 Å². The van der Waals surface area contributed by atoms with E-state index < -0.39 is 5.91 Å². The highest BCUT2D eigenvalue weighted by Crippen LogP contribution is 2.27. The van der Waals surface area contributed by atoms with Gasteiger partial charge < -0.3 is 10.1 Å². The molecule has 0 saturated carbocycles. The maximum Gasteiger partial charge on any atom is 0.266 e. The number of hydrogen-bond acceptors (Lipinski definition) is 4. The van der Waals surface area contributed by atoms with Crippen molar-refractivity contribution >= 4 is 49.5 Å². The number of nitrogens with one attached hydrogen (secondary N) is 1. The van der Waals surface area contributed by atoms with Crippen LogP contribution in [0.5, 0.6) is 5.75 Å². The molecule has 0 aromatic heterocycles. The minimum absolute atomic E-state index is 0.0664. The van der Waals surface area contributed by atoms with E-state index in [1.54, 1.807) is 54.6 Å². The van der Waals surface area contributed by atoms with Gasteiger partial charge in [0.05, 0.1) is 11.6 Å². The summed E-state index contributed by atoms with van der Waals surface area (Å²) < 4.78 is 7.57. The zero-order valence-electron chi connectivity index (χ0n) is 16.1. The van der Waals surface area contributed by atoms with E-state index in [-0.39, 0.29) is 12.2 Å². The number of benzene rings is 3. The Morgan fingerprint density at radius 2 is 1.71 bits per heavy atom. The third-order valence-corrected chi connectivity index (χ3v) is 5.28. The number of carbonyl (C=O) groups is 1. The largest absolute Gasteiger partial charge is 0.488 e. The molecular weight excluding hydrogens is 522 g/mol. The fourth-order valence-corrected chi connectivity index (χ4v) is 3.35. The molecule has 3 rings (SSSR count). The number of nitriles is 2. The molecule has 0 heterocycles. The van der Waals surface area contributed by atoms with E-state index in [1.807, 2.05) is 18.2 Å². The number of amides is 1. The lowest BCUT2D eigenvalue weighted by Crippen LogP contribution is -2.13. The molecule has 0 unspecified atom stereocenters. The fraction of sp³-hybridized carbons (Fsp3) is 0.0417. The van der Waals surface area contributed by atoms with Crippen molar-refractivity contribution in [3.8, 4) is 17.9 Å². The van der Waals surface area contributed by atoms with Crippen LogP contribution in [0.2, 0.25) is 0 Å². The summed E-state index contributed by atoms with van der Waals surface area (Å²) in [5, 5.41) is 21.5. The van der Waals surface area contributed by atoms with E-state index in [2.05, 4.69) is 43.2 Å². The molecule has 152 valence electrons. The predicted molar refractivity (Wildman–Crippen MR) is 126 cm³/mol. The molecule has 0 fully saturated rings. The summed E-state index contributed by atoms with van der Waals surface area (Å²) in [5.74, 6) is -0.0364. The first-order chi connectivity index (χ1) is 15.0. The Balaban J connectivity index is 1.85. The minimum atomic E-state index is -0.523. The molecule has 7 heteroatoms. The molecular formula is C24H15Br2N3O2. The predicted octanol–water partition coefficient (Wildman–Crippen LogP) is 6.21. The second-order valence-electron chi connectivity index (χ2n) is 6.37. The molecule has 1 N–H and O–H groups in total. The van der Waals surface area contributed by atoms with Crippen molar-refractivity contribution in [2.45, 2.75) is 6.61 Å². The highest BCUT2D eigenvalue weighted by atomic mass is 79.9.